The predicted molar refractivity (Wildman–Crippen MR) is 52.9 cm³/mol. The zero-order valence-corrected chi connectivity index (χ0v) is 8.43. The third-order valence-electron chi connectivity index (χ3n) is 1.95. The molecule has 0 spiro atoms. The second-order valence-electron chi connectivity index (χ2n) is 2.82. The fourth-order valence-electron chi connectivity index (χ4n) is 1.29. The van der Waals surface area contributed by atoms with Crippen LogP contribution in [0.15, 0.2) is 22.8 Å². The van der Waals surface area contributed by atoms with Crippen molar-refractivity contribution >= 4 is 32.8 Å². The largest absolute Gasteiger partial charge is 0.478 e. The number of benzene rings is 1. The fourth-order valence-corrected chi connectivity index (χ4v) is 1.64. The van der Waals surface area contributed by atoms with Crippen LogP contribution in [0.5, 0.6) is 0 Å². The average Bonchev–Trinajstić information content (AvgIpc) is 2.48. The lowest BCUT2D eigenvalue weighted by Crippen LogP contribution is -1.93. The zero-order valence-electron chi connectivity index (χ0n) is 6.84. The highest BCUT2D eigenvalue weighted by Crippen LogP contribution is 2.25. The second kappa shape index (κ2) is 3.09. The number of halogens is 2. The van der Waals surface area contributed by atoms with Gasteiger partial charge in [0.05, 0.1) is 10.0 Å². The van der Waals surface area contributed by atoms with Crippen LogP contribution in [-0.4, -0.2) is 16.1 Å². The molecule has 2 aromatic rings. The second-order valence-corrected chi connectivity index (χ2v) is 3.67. The van der Waals surface area contributed by atoms with E-state index in [2.05, 4.69) is 20.9 Å². The molecule has 0 amide bonds. The molecule has 0 saturated carbocycles. The molecule has 3 nitrogen and oxygen atoms in total. The number of aromatic nitrogens is 1. The third-order valence-corrected chi connectivity index (χ3v) is 2.56. The van der Waals surface area contributed by atoms with E-state index in [9.17, 15) is 9.18 Å². The Kier molecular flexibility index (Phi) is 2.03. The molecule has 14 heavy (non-hydrogen) atoms. The Morgan fingerprint density at radius 1 is 1.50 bits per heavy atom. The number of fused-ring (bicyclic) bond motifs is 1. The first-order chi connectivity index (χ1) is 6.59. The number of rotatable bonds is 1. The van der Waals surface area contributed by atoms with Crippen molar-refractivity contribution in [2.45, 2.75) is 0 Å². The van der Waals surface area contributed by atoms with Crippen LogP contribution in [0.1, 0.15) is 10.4 Å². The number of H-pyrrole nitrogens is 1. The van der Waals surface area contributed by atoms with E-state index in [1.54, 1.807) is 0 Å². The lowest BCUT2D eigenvalue weighted by molar-refractivity contribution is 0.0699. The van der Waals surface area contributed by atoms with Crippen molar-refractivity contribution in [2.24, 2.45) is 0 Å². The highest BCUT2D eigenvalue weighted by Gasteiger charge is 2.12. The molecule has 0 unspecified atom stereocenters. The van der Waals surface area contributed by atoms with Gasteiger partial charge >= 0.3 is 5.97 Å². The van der Waals surface area contributed by atoms with Crippen LogP contribution in [0.2, 0.25) is 0 Å². The minimum Gasteiger partial charge on any atom is -0.478 e. The van der Waals surface area contributed by atoms with Crippen molar-refractivity contribution in [3.8, 4) is 0 Å². The van der Waals surface area contributed by atoms with Gasteiger partial charge in [-0.25, -0.2) is 9.18 Å². The minimum atomic E-state index is -1.03. The van der Waals surface area contributed by atoms with E-state index < -0.39 is 11.8 Å². The Morgan fingerprint density at radius 2 is 2.21 bits per heavy atom. The van der Waals surface area contributed by atoms with Crippen molar-refractivity contribution in [1.82, 2.24) is 4.98 Å². The maximum atomic E-state index is 13.0. The number of hydrogen-bond donors (Lipinski definition) is 2. The molecule has 0 aliphatic heterocycles. The molecule has 0 fully saturated rings. The van der Waals surface area contributed by atoms with Crippen molar-refractivity contribution in [3.05, 3.63) is 34.2 Å². The standard InChI is InChI=1S/C9H5BrFNO2/c10-6-1-4-5(9(13)14)3-12-8(4)2-7(6)11/h1-3,12H,(H,13,14). The molecule has 0 bridgehead atoms. The van der Waals surface area contributed by atoms with E-state index in [1.807, 2.05) is 0 Å². The first-order valence-electron chi connectivity index (χ1n) is 3.79. The molecule has 1 aromatic carbocycles. The van der Waals surface area contributed by atoms with Crippen LogP contribution in [0.25, 0.3) is 10.9 Å². The van der Waals surface area contributed by atoms with Crippen LogP contribution in [0, 0.1) is 5.82 Å². The van der Waals surface area contributed by atoms with E-state index in [0.717, 1.165) is 0 Å². The monoisotopic (exact) mass is 257 g/mol. The Morgan fingerprint density at radius 3 is 2.86 bits per heavy atom. The number of carbonyl (C=O) groups is 1. The van der Waals surface area contributed by atoms with Gasteiger partial charge in [0.25, 0.3) is 0 Å². The molecule has 0 aliphatic carbocycles. The number of aromatic amines is 1. The van der Waals surface area contributed by atoms with Gasteiger partial charge in [0.2, 0.25) is 0 Å². The molecule has 2 rings (SSSR count). The Bertz CT molecular complexity index is 521. The van der Waals surface area contributed by atoms with Gasteiger partial charge in [0.15, 0.2) is 0 Å². The molecular weight excluding hydrogens is 253 g/mol. The molecule has 1 heterocycles. The smallest absolute Gasteiger partial charge is 0.337 e. The van der Waals surface area contributed by atoms with Gasteiger partial charge in [-0.2, -0.15) is 0 Å². The van der Waals surface area contributed by atoms with Crippen LogP contribution >= 0.6 is 15.9 Å². The number of carboxylic acid groups (broad SMARTS) is 1. The number of aromatic carboxylic acids is 1. The normalized spacial score (nSPS) is 10.7. The summed E-state index contributed by atoms with van der Waals surface area (Å²) >= 11 is 3.00. The van der Waals surface area contributed by atoms with Gasteiger partial charge in [-0.1, -0.05) is 0 Å². The first-order valence-corrected chi connectivity index (χ1v) is 4.58. The molecule has 0 radical (unpaired) electrons. The molecule has 0 atom stereocenters. The molecule has 72 valence electrons. The van der Waals surface area contributed by atoms with Crippen LogP contribution < -0.4 is 0 Å². The summed E-state index contributed by atoms with van der Waals surface area (Å²) in [5.41, 5.74) is 0.615. The van der Waals surface area contributed by atoms with Gasteiger partial charge in [0, 0.05) is 17.1 Å². The van der Waals surface area contributed by atoms with Gasteiger partial charge in [-0.05, 0) is 28.1 Å². The summed E-state index contributed by atoms with van der Waals surface area (Å²) in [5, 5.41) is 9.29. The van der Waals surface area contributed by atoms with Crippen LogP contribution in [0.3, 0.4) is 0 Å². The van der Waals surface area contributed by atoms with Gasteiger partial charge < -0.3 is 10.1 Å². The lowest BCUT2D eigenvalue weighted by Gasteiger charge is -1.95. The van der Waals surface area contributed by atoms with Crippen LogP contribution in [0.4, 0.5) is 4.39 Å². The van der Waals surface area contributed by atoms with Crippen molar-refractivity contribution in [3.63, 3.8) is 0 Å². The summed E-state index contributed by atoms with van der Waals surface area (Å²) in [5.74, 6) is -1.45. The summed E-state index contributed by atoms with van der Waals surface area (Å²) in [6.45, 7) is 0. The summed E-state index contributed by atoms with van der Waals surface area (Å²) in [6.07, 6.45) is 1.35. The maximum Gasteiger partial charge on any atom is 0.337 e. The minimum absolute atomic E-state index is 0.140. The Labute approximate surface area is 86.7 Å². The summed E-state index contributed by atoms with van der Waals surface area (Å²) in [4.78, 5) is 13.4. The van der Waals surface area contributed by atoms with E-state index in [1.165, 1.54) is 18.3 Å². The molecule has 5 heteroatoms. The lowest BCUT2D eigenvalue weighted by atomic mass is 10.2. The Hall–Kier alpha value is -1.36. The number of hydrogen-bond acceptors (Lipinski definition) is 1. The van der Waals surface area contributed by atoms with Gasteiger partial charge in [-0.15, -0.1) is 0 Å². The quantitative estimate of drug-likeness (QED) is 0.826. The average molecular weight is 258 g/mol. The molecular formula is C9H5BrFNO2. The number of carboxylic acids is 1. The molecule has 2 N–H and O–H groups in total. The van der Waals surface area contributed by atoms with Crippen molar-refractivity contribution < 1.29 is 14.3 Å². The first kappa shape index (κ1) is 9.21. The molecule has 0 aliphatic rings. The van der Waals surface area contributed by atoms with Gasteiger partial charge in [-0.3, -0.25) is 0 Å². The molecule has 1 aromatic heterocycles. The van der Waals surface area contributed by atoms with E-state index in [4.69, 9.17) is 5.11 Å². The predicted octanol–water partition coefficient (Wildman–Crippen LogP) is 2.77. The topological polar surface area (TPSA) is 53.1 Å². The van der Waals surface area contributed by atoms with E-state index in [0.29, 0.717) is 10.9 Å². The SMILES string of the molecule is O=C(O)c1c[nH]c2cc(F)c(Br)cc12. The molecule has 0 saturated heterocycles. The maximum absolute atomic E-state index is 13.0. The Balaban J connectivity index is 2.80. The summed E-state index contributed by atoms with van der Waals surface area (Å²) < 4.78 is 13.3. The van der Waals surface area contributed by atoms with Crippen LogP contribution in [-0.2, 0) is 0 Å². The third kappa shape index (κ3) is 1.29. The highest BCUT2D eigenvalue weighted by atomic mass is 79.9. The van der Waals surface area contributed by atoms with E-state index in [-0.39, 0.29) is 10.0 Å². The fraction of sp³-hybridized carbons (Fsp3) is 0. The highest BCUT2D eigenvalue weighted by molar-refractivity contribution is 9.10. The van der Waals surface area contributed by atoms with Crippen molar-refractivity contribution in [2.75, 3.05) is 0 Å². The van der Waals surface area contributed by atoms with Gasteiger partial charge in [0.1, 0.15) is 5.82 Å². The zero-order chi connectivity index (χ0) is 10.3. The van der Waals surface area contributed by atoms with E-state index >= 15 is 0 Å². The summed E-state index contributed by atoms with van der Waals surface area (Å²) in [7, 11) is 0. The summed E-state index contributed by atoms with van der Waals surface area (Å²) in [6, 6.07) is 2.70. The number of nitrogens with one attached hydrogen (secondary N) is 1. The van der Waals surface area contributed by atoms with Crippen molar-refractivity contribution in [1.29, 1.82) is 0 Å².